The molecule has 132 valence electrons. The van der Waals surface area contributed by atoms with Crippen molar-refractivity contribution in [3.63, 3.8) is 0 Å². The number of carbonyl (C=O) groups excluding carboxylic acids is 1. The molecule has 0 bridgehead atoms. The first-order valence-electron chi connectivity index (χ1n) is 8.69. The van der Waals surface area contributed by atoms with Gasteiger partial charge in [0.2, 0.25) is 5.91 Å². The number of amides is 1. The zero-order chi connectivity index (χ0) is 18.4. The summed E-state index contributed by atoms with van der Waals surface area (Å²) in [4.78, 5) is 12.1. The van der Waals surface area contributed by atoms with Crippen LogP contribution < -0.4 is 10.2 Å². The fourth-order valence-corrected chi connectivity index (χ4v) is 2.79. The molecule has 0 aromatic heterocycles. The van der Waals surface area contributed by atoms with E-state index in [1.54, 1.807) is 6.21 Å². The molecule has 3 aromatic carbocycles. The lowest BCUT2D eigenvalue weighted by molar-refractivity contribution is -0.120. The zero-order valence-electron chi connectivity index (χ0n) is 15.0. The second-order valence-electron chi connectivity index (χ2n) is 6.09. The molecule has 4 heteroatoms. The van der Waals surface area contributed by atoms with Crippen LogP contribution in [0.5, 0.6) is 5.75 Å². The number of aryl methyl sites for hydroxylation is 1. The molecule has 0 aliphatic heterocycles. The number of hydrazone groups is 1. The van der Waals surface area contributed by atoms with Crippen molar-refractivity contribution in [3.05, 3.63) is 77.4 Å². The summed E-state index contributed by atoms with van der Waals surface area (Å²) >= 11 is 0. The van der Waals surface area contributed by atoms with E-state index in [0.717, 1.165) is 27.6 Å². The average molecular weight is 346 g/mol. The van der Waals surface area contributed by atoms with Crippen molar-refractivity contribution in [1.29, 1.82) is 0 Å². The predicted molar refractivity (Wildman–Crippen MR) is 106 cm³/mol. The Balaban J connectivity index is 1.76. The van der Waals surface area contributed by atoms with Crippen LogP contribution in [0.4, 0.5) is 0 Å². The van der Waals surface area contributed by atoms with Gasteiger partial charge in [-0.1, -0.05) is 60.2 Å². The first kappa shape index (κ1) is 17.7. The molecule has 0 radical (unpaired) electrons. The van der Waals surface area contributed by atoms with Crippen molar-refractivity contribution in [2.24, 2.45) is 5.10 Å². The molecule has 3 aromatic rings. The Hall–Kier alpha value is -3.14. The van der Waals surface area contributed by atoms with E-state index in [4.69, 9.17) is 4.74 Å². The highest BCUT2D eigenvalue weighted by molar-refractivity contribution is 6.02. The van der Waals surface area contributed by atoms with Gasteiger partial charge in [-0.3, -0.25) is 4.79 Å². The van der Waals surface area contributed by atoms with E-state index in [-0.39, 0.29) is 5.91 Å². The van der Waals surface area contributed by atoms with Crippen LogP contribution in [0.15, 0.2) is 65.8 Å². The normalized spacial score (nSPS) is 11.0. The molecule has 0 unspecified atom stereocenters. The lowest BCUT2D eigenvalue weighted by atomic mass is 10.0. The van der Waals surface area contributed by atoms with Gasteiger partial charge in [0, 0.05) is 5.56 Å². The lowest BCUT2D eigenvalue weighted by Gasteiger charge is -2.10. The number of carbonyl (C=O) groups is 1. The summed E-state index contributed by atoms with van der Waals surface area (Å²) in [6.45, 7) is 4.53. The molecule has 0 saturated carbocycles. The van der Waals surface area contributed by atoms with Gasteiger partial charge in [0.25, 0.3) is 0 Å². The smallest absolute Gasteiger partial charge is 0.244 e. The number of ether oxygens (including phenoxy) is 1. The summed E-state index contributed by atoms with van der Waals surface area (Å²) in [6, 6.07) is 19.9. The van der Waals surface area contributed by atoms with Gasteiger partial charge in [-0.15, -0.1) is 0 Å². The molecular formula is C22H22N2O2. The van der Waals surface area contributed by atoms with Gasteiger partial charge in [0.1, 0.15) is 5.75 Å². The van der Waals surface area contributed by atoms with Crippen LogP contribution in [0.1, 0.15) is 23.6 Å². The Labute approximate surface area is 153 Å². The Kier molecular flexibility index (Phi) is 5.64. The molecule has 0 spiro atoms. The molecule has 4 nitrogen and oxygen atoms in total. The lowest BCUT2D eigenvalue weighted by Crippen LogP contribution is -2.19. The van der Waals surface area contributed by atoms with Crippen LogP contribution in [0.25, 0.3) is 10.8 Å². The van der Waals surface area contributed by atoms with E-state index >= 15 is 0 Å². The number of hydrogen-bond donors (Lipinski definition) is 1. The van der Waals surface area contributed by atoms with Crippen molar-refractivity contribution in [3.8, 4) is 5.75 Å². The second kappa shape index (κ2) is 8.30. The maximum Gasteiger partial charge on any atom is 0.244 e. The number of nitrogens with zero attached hydrogens (tertiary/aromatic N) is 1. The van der Waals surface area contributed by atoms with Gasteiger partial charge in [-0.2, -0.15) is 5.10 Å². The first-order valence-corrected chi connectivity index (χ1v) is 8.69. The largest absolute Gasteiger partial charge is 0.493 e. The van der Waals surface area contributed by atoms with Crippen molar-refractivity contribution < 1.29 is 9.53 Å². The van der Waals surface area contributed by atoms with Gasteiger partial charge < -0.3 is 4.74 Å². The third kappa shape index (κ3) is 4.28. The summed E-state index contributed by atoms with van der Waals surface area (Å²) in [5.41, 5.74) is 5.60. The van der Waals surface area contributed by atoms with Crippen molar-refractivity contribution in [1.82, 2.24) is 5.43 Å². The van der Waals surface area contributed by atoms with Crippen LogP contribution >= 0.6 is 0 Å². The molecule has 1 amide bonds. The molecule has 3 rings (SSSR count). The summed E-state index contributed by atoms with van der Waals surface area (Å²) in [7, 11) is 0. The average Bonchev–Trinajstić information content (AvgIpc) is 2.65. The molecule has 0 saturated heterocycles. The van der Waals surface area contributed by atoms with Gasteiger partial charge in [0.05, 0.1) is 19.2 Å². The summed E-state index contributed by atoms with van der Waals surface area (Å²) in [5, 5.41) is 6.28. The van der Waals surface area contributed by atoms with Crippen molar-refractivity contribution in [2.45, 2.75) is 20.3 Å². The van der Waals surface area contributed by atoms with Crippen LogP contribution in [0.2, 0.25) is 0 Å². The highest BCUT2D eigenvalue weighted by Gasteiger charge is 2.07. The molecular weight excluding hydrogens is 324 g/mol. The number of rotatable bonds is 6. The van der Waals surface area contributed by atoms with Gasteiger partial charge in [-0.05, 0) is 36.2 Å². The molecule has 0 fully saturated rings. The van der Waals surface area contributed by atoms with E-state index in [1.165, 1.54) is 5.56 Å². The van der Waals surface area contributed by atoms with Crippen molar-refractivity contribution >= 4 is 22.9 Å². The molecule has 0 aliphatic carbocycles. The number of benzene rings is 3. The van der Waals surface area contributed by atoms with Crippen LogP contribution in [0, 0.1) is 6.92 Å². The summed E-state index contributed by atoms with van der Waals surface area (Å²) < 4.78 is 5.71. The number of fused-ring (bicyclic) bond motifs is 1. The van der Waals surface area contributed by atoms with Crippen molar-refractivity contribution in [2.75, 3.05) is 6.61 Å². The molecule has 26 heavy (non-hydrogen) atoms. The topological polar surface area (TPSA) is 50.7 Å². The maximum atomic E-state index is 12.1. The Morgan fingerprint density at radius 1 is 1.08 bits per heavy atom. The van der Waals surface area contributed by atoms with E-state index < -0.39 is 0 Å². The molecule has 1 N–H and O–H groups in total. The fourth-order valence-electron chi connectivity index (χ4n) is 2.79. The van der Waals surface area contributed by atoms with E-state index in [9.17, 15) is 4.79 Å². The van der Waals surface area contributed by atoms with E-state index in [2.05, 4.69) is 10.5 Å². The van der Waals surface area contributed by atoms with Gasteiger partial charge in [0.15, 0.2) is 0 Å². The molecule has 0 heterocycles. The van der Waals surface area contributed by atoms with Gasteiger partial charge >= 0.3 is 0 Å². The minimum atomic E-state index is -0.150. The summed E-state index contributed by atoms with van der Waals surface area (Å²) in [6.07, 6.45) is 1.95. The minimum absolute atomic E-state index is 0.150. The molecule has 0 aliphatic rings. The highest BCUT2D eigenvalue weighted by Crippen LogP contribution is 2.26. The standard InChI is InChI=1S/C22H22N2O2/c1-3-26-21-13-12-18-6-4-5-7-19(18)20(21)15-23-24-22(25)14-17-10-8-16(2)9-11-17/h4-13,15H,3,14H2,1-2H3,(H,24,25)/b23-15-. The Bertz CT molecular complexity index is 931. The summed E-state index contributed by atoms with van der Waals surface area (Å²) in [5.74, 6) is 0.603. The van der Waals surface area contributed by atoms with Gasteiger partial charge in [-0.25, -0.2) is 5.43 Å². The SMILES string of the molecule is CCOc1ccc2ccccc2c1/C=N\NC(=O)Cc1ccc(C)cc1. The van der Waals surface area contributed by atoms with Crippen LogP contribution in [-0.4, -0.2) is 18.7 Å². The number of hydrogen-bond acceptors (Lipinski definition) is 3. The third-order valence-corrected chi connectivity index (χ3v) is 4.10. The number of nitrogens with one attached hydrogen (secondary N) is 1. The second-order valence-corrected chi connectivity index (χ2v) is 6.09. The zero-order valence-corrected chi connectivity index (χ0v) is 15.0. The van der Waals surface area contributed by atoms with E-state index in [0.29, 0.717) is 13.0 Å². The Morgan fingerprint density at radius 2 is 1.85 bits per heavy atom. The van der Waals surface area contributed by atoms with Crippen LogP contribution in [-0.2, 0) is 11.2 Å². The van der Waals surface area contributed by atoms with Crippen LogP contribution in [0.3, 0.4) is 0 Å². The third-order valence-electron chi connectivity index (χ3n) is 4.10. The molecule has 0 atom stereocenters. The minimum Gasteiger partial charge on any atom is -0.493 e. The predicted octanol–water partition coefficient (Wildman–Crippen LogP) is 4.24. The first-order chi connectivity index (χ1) is 12.7. The van der Waals surface area contributed by atoms with E-state index in [1.807, 2.05) is 74.5 Å². The highest BCUT2D eigenvalue weighted by atomic mass is 16.5. The monoisotopic (exact) mass is 346 g/mol. The quantitative estimate of drug-likeness (QED) is 0.536. The fraction of sp³-hybridized carbons (Fsp3) is 0.182. The maximum absolute atomic E-state index is 12.1. The Morgan fingerprint density at radius 3 is 2.62 bits per heavy atom.